The molecule has 0 aliphatic rings. The first kappa shape index (κ1) is 9.62. The van der Waals surface area contributed by atoms with E-state index in [1.54, 1.807) is 11.3 Å². The number of aromatic nitrogens is 1. The molecule has 0 amide bonds. The van der Waals surface area contributed by atoms with Crippen molar-refractivity contribution in [3.05, 3.63) is 41.9 Å². The number of benzene rings is 2. The fourth-order valence-corrected chi connectivity index (χ4v) is 2.51. The molecule has 2 aromatic carbocycles. The molecule has 3 rings (SSSR count). The van der Waals surface area contributed by atoms with Crippen molar-refractivity contribution in [1.82, 2.24) is 0 Å². The van der Waals surface area contributed by atoms with Crippen molar-refractivity contribution >= 4 is 32.3 Å². The van der Waals surface area contributed by atoms with E-state index in [0.717, 1.165) is 0 Å². The molecule has 0 unspecified atom stereocenters. The normalized spacial score (nSPS) is 10.3. The first-order chi connectivity index (χ1) is 6.45. The first-order valence-corrected chi connectivity index (χ1v) is 5.10. The maximum absolute atomic E-state index is 3.23. The maximum atomic E-state index is 3.23. The van der Waals surface area contributed by atoms with Crippen molar-refractivity contribution in [2.24, 2.45) is 0 Å². The van der Waals surface area contributed by atoms with Crippen molar-refractivity contribution < 1.29 is 22.0 Å². The van der Waals surface area contributed by atoms with Gasteiger partial charge in [0.25, 0.3) is 0 Å². The van der Waals surface area contributed by atoms with Gasteiger partial charge in [0.05, 0.1) is 0 Å². The Labute approximate surface area is 96.2 Å². The van der Waals surface area contributed by atoms with Gasteiger partial charge in [-0.15, -0.1) is 0 Å². The Morgan fingerprint density at radius 1 is 1.00 bits per heavy atom. The van der Waals surface area contributed by atoms with Crippen molar-refractivity contribution in [3.8, 4) is 0 Å². The molecule has 3 heteroatoms. The van der Waals surface area contributed by atoms with Crippen LogP contribution in [-0.4, -0.2) is 0 Å². The number of H-pyrrole nitrogens is 1. The van der Waals surface area contributed by atoms with Crippen molar-refractivity contribution in [3.63, 3.8) is 0 Å². The van der Waals surface area contributed by atoms with E-state index in [9.17, 15) is 0 Å². The van der Waals surface area contributed by atoms with E-state index >= 15 is 0 Å². The first-order valence-electron chi connectivity index (χ1n) is 4.22. The number of thiazole rings is 1. The van der Waals surface area contributed by atoms with Crippen LogP contribution in [0.15, 0.2) is 41.9 Å². The molecule has 0 atom stereocenters. The van der Waals surface area contributed by atoms with Crippen LogP contribution in [0.1, 0.15) is 0 Å². The molecule has 0 radical (unpaired) electrons. The minimum atomic E-state index is 0. The van der Waals surface area contributed by atoms with Gasteiger partial charge in [-0.2, -0.15) is 0 Å². The summed E-state index contributed by atoms with van der Waals surface area (Å²) in [5.74, 6) is 0. The Morgan fingerprint density at radius 3 is 2.79 bits per heavy atom. The second-order valence-corrected chi connectivity index (χ2v) is 3.92. The number of hydrogen-bond donors (Lipinski definition) is 0. The molecule has 14 heavy (non-hydrogen) atoms. The van der Waals surface area contributed by atoms with Gasteiger partial charge in [-0.3, -0.25) is 0 Å². The fourth-order valence-electron chi connectivity index (χ4n) is 1.64. The number of rotatable bonds is 0. The van der Waals surface area contributed by atoms with Crippen LogP contribution in [0.25, 0.3) is 21.0 Å². The highest BCUT2D eigenvalue weighted by atomic mass is 79.9. The largest absolute Gasteiger partial charge is 1.00 e. The summed E-state index contributed by atoms with van der Waals surface area (Å²) in [7, 11) is 0. The minimum Gasteiger partial charge on any atom is -1.00 e. The minimum absolute atomic E-state index is 0. The summed E-state index contributed by atoms with van der Waals surface area (Å²) in [5.41, 5.74) is 3.25. The van der Waals surface area contributed by atoms with Gasteiger partial charge >= 0.3 is 0 Å². The zero-order chi connectivity index (χ0) is 8.67. The third-order valence-corrected chi connectivity index (χ3v) is 3.18. The summed E-state index contributed by atoms with van der Waals surface area (Å²) in [6.07, 6.45) is 0. The van der Waals surface area contributed by atoms with E-state index in [2.05, 4.69) is 41.4 Å². The lowest BCUT2D eigenvalue weighted by molar-refractivity contribution is -0.337. The molecule has 0 aliphatic carbocycles. The number of halogens is 1. The maximum Gasteiger partial charge on any atom is 0.224 e. The molecule has 70 valence electrons. The van der Waals surface area contributed by atoms with Gasteiger partial charge in [0.2, 0.25) is 11.0 Å². The van der Waals surface area contributed by atoms with E-state index < -0.39 is 0 Å². The molecule has 0 fully saturated rings. The highest BCUT2D eigenvalue weighted by Gasteiger charge is 2.05. The Balaban J connectivity index is 0.000000750. The van der Waals surface area contributed by atoms with Crippen molar-refractivity contribution in [2.75, 3.05) is 0 Å². The molecule has 0 aliphatic heterocycles. The van der Waals surface area contributed by atoms with Gasteiger partial charge in [-0.05, 0) is 11.5 Å². The fraction of sp³-hybridized carbons (Fsp3) is 0. The van der Waals surface area contributed by atoms with E-state index in [1.807, 2.05) is 5.51 Å². The molecule has 0 bridgehead atoms. The lowest BCUT2D eigenvalue weighted by Gasteiger charge is -1.94. The molecule has 1 nitrogen and oxygen atoms in total. The Kier molecular flexibility index (Phi) is 2.52. The molecule has 0 saturated heterocycles. The molecule has 1 aromatic heterocycles. The average molecular weight is 266 g/mol. The van der Waals surface area contributed by atoms with Crippen LogP contribution < -0.4 is 22.0 Å². The van der Waals surface area contributed by atoms with E-state index in [-0.39, 0.29) is 17.0 Å². The number of hydrogen-bond acceptors (Lipinski definition) is 1. The van der Waals surface area contributed by atoms with Crippen LogP contribution in [0.3, 0.4) is 0 Å². The molecular weight excluding hydrogens is 258 g/mol. The van der Waals surface area contributed by atoms with E-state index in [4.69, 9.17) is 0 Å². The Hall–Kier alpha value is -0.930. The lowest BCUT2D eigenvalue weighted by atomic mass is 10.1. The summed E-state index contributed by atoms with van der Waals surface area (Å²) in [4.78, 5) is 3.23. The van der Waals surface area contributed by atoms with Gasteiger partial charge in [0.1, 0.15) is 4.70 Å². The summed E-state index contributed by atoms with van der Waals surface area (Å²) in [6.45, 7) is 0. The van der Waals surface area contributed by atoms with Crippen LogP contribution in [0.2, 0.25) is 0 Å². The van der Waals surface area contributed by atoms with E-state index in [1.165, 1.54) is 21.0 Å². The Bertz CT molecular complexity index is 573. The van der Waals surface area contributed by atoms with Crippen LogP contribution in [-0.2, 0) is 0 Å². The predicted octanol–water partition coefficient (Wildman–Crippen LogP) is -0.127. The van der Waals surface area contributed by atoms with Crippen LogP contribution in [0.5, 0.6) is 0 Å². The summed E-state index contributed by atoms with van der Waals surface area (Å²) in [5, 5.41) is 2.65. The molecule has 0 saturated carbocycles. The van der Waals surface area contributed by atoms with Gasteiger partial charge in [0, 0.05) is 11.5 Å². The summed E-state index contributed by atoms with van der Waals surface area (Å²) >= 11 is 1.76. The highest BCUT2D eigenvalue weighted by Crippen LogP contribution is 2.25. The topological polar surface area (TPSA) is 14.1 Å². The molecule has 1 N–H and O–H groups in total. The van der Waals surface area contributed by atoms with Crippen molar-refractivity contribution in [2.45, 2.75) is 0 Å². The smallest absolute Gasteiger partial charge is 0.224 e. The van der Waals surface area contributed by atoms with E-state index in [0.29, 0.717) is 0 Å². The molecule has 0 spiro atoms. The molecular formula is C11H8BrNS. The van der Waals surface area contributed by atoms with Crippen molar-refractivity contribution in [1.29, 1.82) is 0 Å². The monoisotopic (exact) mass is 265 g/mol. The van der Waals surface area contributed by atoms with Gasteiger partial charge in [-0.25, -0.2) is 4.98 Å². The zero-order valence-electron chi connectivity index (χ0n) is 7.33. The second-order valence-electron chi connectivity index (χ2n) is 3.04. The average Bonchev–Trinajstić information content (AvgIpc) is 2.65. The number of nitrogens with one attached hydrogen (secondary N) is 1. The third-order valence-electron chi connectivity index (χ3n) is 2.27. The SMILES string of the molecule is [Br-].c1ccc2c(c1)ccc1[nH+]csc12. The van der Waals surface area contributed by atoms with Crippen LogP contribution in [0, 0.1) is 0 Å². The lowest BCUT2D eigenvalue weighted by Crippen LogP contribution is -3.00. The molecule has 3 aromatic rings. The quantitative estimate of drug-likeness (QED) is 0.538. The number of aromatic amines is 1. The van der Waals surface area contributed by atoms with Gasteiger partial charge in [0.15, 0.2) is 0 Å². The number of fused-ring (bicyclic) bond motifs is 3. The second kappa shape index (κ2) is 3.67. The third kappa shape index (κ3) is 1.33. The van der Waals surface area contributed by atoms with Crippen LogP contribution in [0.4, 0.5) is 0 Å². The standard InChI is InChI=1S/C11H7NS.BrH/c1-2-4-9-8(3-1)5-6-10-11(9)13-7-12-10;/h1-7H;1H. The predicted molar refractivity (Wildman–Crippen MR) is 55.9 cm³/mol. The van der Waals surface area contributed by atoms with Gasteiger partial charge in [-0.1, -0.05) is 35.6 Å². The van der Waals surface area contributed by atoms with Gasteiger partial charge < -0.3 is 17.0 Å². The summed E-state index contributed by atoms with van der Waals surface area (Å²) < 4.78 is 1.35. The zero-order valence-corrected chi connectivity index (χ0v) is 9.73. The highest BCUT2D eigenvalue weighted by molar-refractivity contribution is 7.17. The molecule has 1 heterocycles. The summed E-state index contributed by atoms with van der Waals surface area (Å²) in [6, 6.07) is 12.8. The van der Waals surface area contributed by atoms with Crippen LogP contribution >= 0.6 is 11.3 Å². The Morgan fingerprint density at radius 2 is 1.86 bits per heavy atom.